The third-order valence-electron chi connectivity index (χ3n) is 2.84. The third kappa shape index (κ3) is 4.68. The highest BCUT2D eigenvalue weighted by atomic mass is 79.9. The molecule has 0 aromatic heterocycles. The fraction of sp³-hybridized carbons (Fsp3) is 0.0588. The fourth-order valence-corrected chi connectivity index (χ4v) is 1.99. The first-order valence-electron chi connectivity index (χ1n) is 6.45. The normalized spacial score (nSPS) is 10.5. The first-order valence-corrected chi connectivity index (χ1v) is 7.24. The van der Waals surface area contributed by atoms with Crippen LogP contribution in [0.25, 0.3) is 0 Å². The number of carbonyl (C=O) groups excluding carboxylic acids is 2. The molecule has 106 valence electrons. The molecule has 0 unspecified atom stereocenters. The molecule has 0 spiro atoms. The summed E-state index contributed by atoms with van der Waals surface area (Å²) in [5, 5.41) is 2.84. The second-order valence-electron chi connectivity index (χ2n) is 4.37. The van der Waals surface area contributed by atoms with Gasteiger partial charge >= 0.3 is 0 Å². The number of hydrogen-bond donors (Lipinski definition) is 1. The van der Waals surface area contributed by atoms with Crippen LogP contribution in [-0.2, 0) is 0 Å². The van der Waals surface area contributed by atoms with Gasteiger partial charge in [-0.1, -0.05) is 46.3 Å². The summed E-state index contributed by atoms with van der Waals surface area (Å²) in [5.41, 5.74) is 1.25. The summed E-state index contributed by atoms with van der Waals surface area (Å²) in [6, 6.07) is 16.1. The third-order valence-corrected chi connectivity index (χ3v) is 3.37. The van der Waals surface area contributed by atoms with Gasteiger partial charge in [-0.15, -0.1) is 0 Å². The molecular formula is C17H14BrNO2. The maximum atomic E-state index is 11.8. The Morgan fingerprint density at radius 2 is 1.62 bits per heavy atom. The second-order valence-corrected chi connectivity index (χ2v) is 5.29. The van der Waals surface area contributed by atoms with Crippen LogP contribution in [0.4, 0.5) is 0 Å². The van der Waals surface area contributed by atoms with Gasteiger partial charge in [-0.25, -0.2) is 0 Å². The number of ketones is 2. The van der Waals surface area contributed by atoms with Gasteiger partial charge in [-0.05, 0) is 24.3 Å². The molecular weight excluding hydrogens is 330 g/mol. The predicted octanol–water partition coefficient (Wildman–Crippen LogP) is 3.62. The zero-order valence-corrected chi connectivity index (χ0v) is 12.8. The zero-order chi connectivity index (χ0) is 15.1. The highest BCUT2D eigenvalue weighted by Gasteiger charge is 2.03. The monoisotopic (exact) mass is 343 g/mol. The van der Waals surface area contributed by atoms with Crippen LogP contribution < -0.4 is 5.32 Å². The molecule has 0 aliphatic rings. The van der Waals surface area contributed by atoms with Crippen LogP contribution >= 0.6 is 15.9 Å². The van der Waals surface area contributed by atoms with Gasteiger partial charge in [0, 0.05) is 27.9 Å². The van der Waals surface area contributed by atoms with Crippen LogP contribution in [-0.4, -0.2) is 18.1 Å². The van der Waals surface area contributed by atoms with Gasteiger partial charge in [0.15, 0.2) is 11.6 Å². The number of Topliss-reactive ketones (excluding diaryl/α,β-unsaturated/α-hetero) is 1. The lowest BCUT2D eigenvalue weighted by Gasteiger charge is -2.00. The summed E-state index contributed by atoms with van der Waals surface area (Å²) in [6.45, 7) is 0.161. The van der Waals surface area contributed by atoms with Gasteiger partial charge in [0.05, 0.1) is 6.54 Å². The highest BCUT2D eigenvalue weighted by Crippen LogP contribution is 2.11. The number of halogens is 1. The lowest BCUT2D eigenvalue weighted by molar-refractivity contribution is 0.0992. The van der Waals surface area contributed by atoms with Gasteiger partial charge < -0.3 is 5.32 Å². The van der Waals surface area contributed by atoms with Crippen LogP contribution in [0.2, 0.25) is 0 Å². The Balaban J connectivity index is 1.84. The van der Waals surface area contributed by atoms with E-state index in [-0.39, 0.29) is 18.1 Å². The molecule has 0 fully saturated rings. The van der Waals surface area contributed by atoms with E-state index in [1.807, 2.05) is 30.3 Å². The molecule has 21 heavy (non-hydrogen) atoms. The van der Waals surface area contributed by atoms with Gasteiger partial charge in [-0.2, -0.15) is 0 Å². The Kier molecular flexibility index (Phi) is 5.46. The van der Waals surface area contributed by atoms with Gasteiger partial charge in [0.25, 0.3) is 0 Å². The van der Waals surface area contributed by atoms with Crippen molar-refractivity contribution in [3.63, 3.8) is 0 Å². The zero-order valence-electron chi connectivity index (χ0n) is 11.3. The molecule has 1 N–H and O–H groups in total. The van der Waals surface area contributed by atoms with Crippen LogP contribution in [0.1, 0.15) is 20.7 Å². The lowest BCUT2D eigenvalue weighted by Crippen LogP contribution is -2.18. The molecule has 3 nitrogen and oxygen atoms in total. The van der Waals surface area contributed by atoms with E-state index in [4.69, 9.17) is 0 Å². The molecule has 0 heterocycles. The standard InChI is InChI=1S/C17H14BrNO2/c18-15-8-6-14(7-9-15)16(20)10-11-19-12-17(21)13-4-2-1-3-5-13/h1-11,19H,12H2/b11-10+. The Morgan fingerprint density at radius 3 is 2.29 bits per heavy atom. The van der Waals surface area contributed by atoms with Gasteiger partial charge in [0.1, 0.15) is 0 Å². The fourth-order valence-electron chi connectivity index (χ4n) is 1.72. The van der Waals surface area contributed by atoms with E-state index >= 15 is 0 Å². The Morgan fingerprint density at radius 1 is 0.952 bits per heavy atom. The highest BCUT2D eigenvalue weighted by molar-refractivity contribution is 9.10. The molecule has 4 heteroatoms. The molecule has 0 aliphatic heterocycles. The van der Waals surface area contributed by atoms with E-state index in [1.54, 1.807) is 24.3 Å². The van der Waals surface area contributed by atoms with E-state index in [2.05, 4.69) is 21.2 Å². The van der Waals surface area contributed by atoms with Crippen LogP contribution in [0.15, 0.2) is 71.3 Å². The van der Waals surface area contributed by atoms with Crippen molar-refractivity contribution in [2.75, 3.05) is 6.54 Å². The molecule has 0 radical (unpaired) electrons. The average Bonchev–Trinajstić information content (AvgIpc) is 2.52. The molecule has 2 aromatic carbocycles. The Bertz CT molecular complexity index is 648. The summed E-state index contributed by atoms with van der Waals surface area (Å²) in [5.74, 6) is -0.126. The first-order chi connectivity index (χ1) is 10.2. The van der Waals surface area contributed by atoms with Crippen molar-refractivity contribution in [3.8, 4) is 0 Å². The minimum atomic E-state index is -0.109. The van der Waals surface area contributed by atoms with Crippen molar-refractivity contribution in [2.45, 2.75) is 0 Å². The first kappa shape index (κ1) is 15.2. The second kappa shape index (κ2) is 7.55. The van der Waals surface area contributed by atoms with E-state index in [1.165, 1.54) is 12.3 Å². The van der Waals surface area contributed by atoms with E-state index in [0.29, 0.717) is 11.1 Å². The molecule has 0 saturated carbocycles. The molecule has 0 amide bonds. The Labute approximate surface area is 131 Å². The van der Waals surface area contributed by atoms with Crippen LogP contribution in [0, 0.1) is 0 Å². The van der Waals surface area contributed by atoms with Crippen LogP contribution in [0.3, 0.4) is 0 Å². The Hall–Kier alpha value is -2.20. The molecule has 2 aromatic rings. The number of allylic oxidation sites excluding steroid dienone is 1. The van der Waals surface area contributed by atoms with Crippen molar-refractivity contribution in [3.05, 3.63) is 82.5 Å². The largest absolute Gasteiger partial charge is 0.383 e. The van der Waals surface area contributed by atoms with E-state index in [0.717, 1.165) is 4.47 Å². The maximum absolute atomic E-state index is 11.8. The smallest absolute Gasteiger partial charge is 0.187 e. The topological polar surface area (TPSA) is 46.2 Å². The summed E-state index contributed by atoms with van der Waals surface area (Å²) < 4.78 is 0.926. The number of hydrogen-bond acceptors (Lipinski definition) is 3. The lowest BCUT2D eigenvalue weighted by atomic mass is 10.1. The summed E-state index contributed by atoms with van der Waals surface area (Å²) in [7, 11) is 0. The SMILES string of the molecule is O=C(/C=C/NCC(=O)c1ccccc1)c1ccc(Br)cc1. The minimum Gasteiger partial charge on any atom is -0.383 e. The van der Waals surface area contributed by atoms with Gasteiger partial charge in [-0.3, -0.25) is 9.59 Å². The maximum Gasteiger partial charge on any atom is 0.187 e. The number of rotatable bonds is 6. The van der Waals surface area contributed by atoms with Crippen molar-refractivity contribution >= 4 is 27.5 Å². The minimum absolute atomic E-state index is 0.0173. The van der Waals surface area contributed by atoms with E-state index < -0.39 is 0 Å². The molecule has 0 aliphatic carbocycles. The van der Waals surface area contributed by atoms with Crippen molar-refractivity contribution in [2.24, 2.45) is 0 Å². The number of benzene rings is 2. The summed E-state index contributed by atoms with van der Waals surface area (Å²) in [6.07, 6.45) is 2.92. The van der Waals surface area contributed by atoms with Crippen molar-refractivity contribution in [1.82, 2.24) is 5.32 Å². The summed E-state index contributed by atoms with van der Waals surface area (Å²) >= 11 is 3.32. The van der Waals surface area contributed by atoms with E-state index in [9.17, 15) is 9.59 Å². The number of nitrogens with one attached hydrogen (secondary N) is 1. The average molecular weight is 344 g/mol. The predicted molar refractivity (Wildman–Crippen MR) is 86.4 cm³/mol. The summed E-state index contributed by atoms with van der Waals surface area (Å²) in [4.78, 5) is 23.7. The van der Waals surface area contributed by atoms with Crippen molar-refractivity contribution < 1.29 is 9.59 Å². The van der Waals surface area contributed by atoms with Crippen LogP contribution in [0.5, 0.6) is 0 Å². The van der Waals surface area contributed by atoms with Gasteiger partial charge in [0.2, 0.25) is 0 Å². The van der Waals surface area contributed by atoms with Crippen molar-refractivity contribution in [1.29, 1.82) is 0 Å². The molecule has 0 bridgehead atoms. The molecule has 0 saturated heterocycles. The molecule has 2 rings (SSSR count). The quantitative estimate of drug-likeness (QED) is 0.643. The number of carbonyl (C=O) groups is 2. The molecule has 0 atom stereocenters.